The maximum absolute atomic E-state index is 12.3. The van der Waals surface area contributed by atoms with E-state index in [0.717, 1.165) is 141 Å². The van der Waals surface area contributed by atoms with Crippen molar-refractivity contribution in [3.8, 4) is 12.3 Å². The number of terminal acetylenes is 1. The molecule has 6 amide bonds. The van der Waals surface area contributed by atoms with Crippen LogP contribution in [0.4, 0.5) is 9.59 Å². The van der Waals surface area contributed by atoms with Crippen LogP contribution in [0.3, 0.4) is 0 Å². The van der Waals surface area contributed by atoms with Gasteiger partial charge in [0.05, 0.1) is 18.8 Å². The summed E-state index contributed by atoms with van der Waals surface area (Å²) in [6.45, 7) is 6.91. The van der Waals surface area contributed by atoms with Crippen LogP contribution in [0, 0.1) is 12.3 Å². The van der Waals surface area contributed by atoms with E-state index < -0.39 is 42.1 Å². The molecule has 4 atom stereocenters. The van der Waals surface area contributed by atoms with Crippen molar-refractivity contribution in [3.63, 3.8) is 0 Å². The average molecular weight is 1400 g/mol. The number of alkyl carbamates (subject to hydrolysis) is 2. The van der Waals surface area contributed by atoms with Gasteiger partial charge in [0, 0.05) is 95.2 Å². The second-order valence-electron chi connectivity index (χ2n) is 23.1. The maximum Gasteiger partial charge on any atom is 0.407 e. The molecular formula is C66H122N12O16P2. The van der Waals surface area contributed by atoms with Crippen molar-refractivity contribution in [2.45, 2.75) is 289 Å². The number of azide groups is 1. The molecule has 1 aromatic rings. The summed E-state index contributed by atoms with van der Waals surface area (Å²) in [6.07, 6.45) is 39.1. The number of hydrogen-bond acceptors (Lipinski definition) is 15. The summed E-state index contributed by atoms with van der Waals surface area (Å²) in [7, 11) is 0. The second kappa shape index (κ2) is 71.0. The number of carbonyl (C=O) groups is 10. The van der Waals surface area contributed by atoms with Gasteiger partial charge in [0.2, 0.25) is 23.6 Å². The maximum atomic E-state index is 12.3. The minimum atomic E-state index is -1.17. The van der Waals surface area contributed by atoms with Gasteiger partial charge in [0.1, 0.15) is 18.7 Å². The fourth-order valence-electron chi connectivity index (χ4n) is 9.28. The van der Waals surface area contributed by atoms with Crippen LogP contribution >= 0.6 is 19.8 Å². The van der Waals surface area contributed by atoms with E-state index in [9.17, 15) is 58.2 Å². The minimum absolute atomic E-state index is 0. The van der Waals surface area contributed by atoms with Crippen LogP contribution in [0.15, 0.2) is 11.3 Å². The van der Waals surface area contributed by atoms with Crippen molar-refractivity contribution < 1.29 is 77.8 Å². The quantitative estimate of drug-likeness (QED) is 0.00723. The van der Waals surface area contributed by atoms with Gasteiger partial charge in [-0.2, -0.15) is 19.8 Å². The number of carboxylic acids is 4. The lowest BCUT2D eigenvalue weighted by Gasteiger charge is -2.14. The number of unbranched alkanes of at least 4 members (excludes halogenated alkanes) is 26. The largest absolute Gasteiger partial charge is 0.481 e. The van der Waals surface area contributed by atoms with Crippen molar-refractivity contribution >= 4 is 79.5 Å². The molecule has 1 heterocycles. The van der Waals surface area contributed by atoms with Gasteiger partial charge in [0.25, 0.3) is 0 Å². The molecule has 0 aliphatic carbocycles. The second-order valence-corrected chi connectivity index (χ2v) is 23.1. The Morgan fingerprint density at radius 3 is 1.25 bits per heavy atom. The molecule has 1 rings (SSSR count). The highest BCUT2D eigenvalue weighted by Crippen LogP contribution is 2.15. The van der Waals surface area contributed by atoms with Crippen LogP contribution in [0.1, 0.15) is 270 Å². The van der Waals surface area contributed by atoms with Crippen molar-refractivity contribution in [1.82, 2.24) is 46.9 Å². The van der Waals surface area contributed by atoms with Gasteiger partial charge in [-0.15, -0.1) is 17.4 Å². The average Bonchev–Trinajstić information content (AvgIpc) is 2.17. The Kier molecular flexibility index (Phi) is 70.6. The molecule has 0 aliphatic heterocycles. The van der Waals surface area contributed by atoms with E-state index in [2.05, 4.69) is 72.0 Å². The minimum Gasteiger partial charge on any atom is -0.481 e. The molecule has 0 aliphatic rings. The first kappa shape index (κ1) is 95.6. The summed E-state index contributed by atoms with van der Waals surface area (Å²) in [5.74, 6) is -2.70. The number of amides is 6. The number of carboxylic acid groups (broad SMARTS) is 4. The van der Waals surface area contributed by atoms with E-state index in [0.29, 0.717) is 57.6 Å². The lowest BCUT2D eigenvalue weighted by atomic mass is 10.0. The highest BCUT2D eigenvalue weighted by Gasteiger charge is 2.22. The Bertz CT molecular complexity index is 2310. The zero-order chi connectivity index (χ0) is 69.9. The highest BCUT2D eigenvalue weighted by molar-refractivity contribution is 6.92. The summed E-state index contributed by atoms with van der Waals surface area (Å²) in [5, 5.41) is 62.9. The monoisotopic (exact) mass is 1400 g/mol. The topological polar surface area (TPSA) is 422 Å². The number of rotatable bonds is 59. The first-order valence-electron chi connectivity index (χ1n) is 34.5. The van der Waals surface area contributed by atoms with Crippen LogP contribution in [-0.2, 0) is 60.8 Å². The van der Waals surface area contributed by atoms with Crippen LogP contribution in [0.2, 0.25) is 0 Å². The van der Waals surface area contributed by atoms with Gasteiger partial charge in [0.15, 0.2) is 0 Å². The standard InChI is InChI=1S/C33H58N6O8.C23H41N5O6.C10H17NO2.2H3P/c1-2-3-16-22-35-33(46)47-25-21-27-26-39(38-37-27)24-23-34-29(40)20-19-28(32(44)45)36-30(41)17-14-12-10-8-6-4-5-7-9-11-13-15-18-31(42)43;24-28-26-18-17-25-20(29)16-15-19(23(33)34)27-21(30)13-11-9-7-5-3-1-2-4-6-8-10-12-14-22(31)32;1-3-5-7-8-11-10(12)13-9-6-4-2;;/h26,28H,2-25H2,1H3,(H,34,40)(H,35,46)(H,36,41)(H,42,43)(H,44,45);19H,1-18H2,(H,25,29)(H,27,30)(H,31,32)(H,33,34);2H,3,5-9H2,1H3,(H,11,12);2*1H3. The van der Waals surface area contributed by atoms with E-state index in [1.165, 1.54) is 38.5 Å². The first-order chi connectivity index (χ1) is 45.4. The number of aromatic nitrogens is 3. The van der Waals surface area contributed by atoms with E-state index in [1.807, 2.05) is 0 Å². The Morgan fingerprint density at radius 1 is 0.510 bits per heavy atom. The molecule has 30 heteroatoms. The number of hydrogen-bond donors (Lipinski definition) is 10. The fraction of sp³-hybridized carbons (Fsp3) is 0.788. The van der Waals surface area contributed by atoms with Crippen molar-refractivity contribution in [1.29, 1.82) is 0 Å². The van der Waals surface area contributed by atoms with Gasteiger partial charge in [-0.25, -0.2) is 19.2 Å². The van der Waals surface area contributed by atoms with Gasteiger partial charge in [-0.1, -0.05) is 178 Å². The number of aliphatic carboxylic acids is 4. The van der Waals surface area contributed by atoms with Crippen LogP contribution in [-0.4, -0.2) is 153 Å². The Balaban J connectivity index is -0.000000753. The molecule has 0 radical (unpaired) electrons. The zero-order valence-electron chi connectivity index (χ0n) is 58.0. The number of carbonyl (C=O) groups excluding carboxylic acids is 6. The smallest absolute Gasteiger partial charge is 0.407 e. The van der Waals surface area contributed by atoms with Gasteiger partial charge in [-0.05, 0) is 56.9 Å². The molecule has 0 saturated heterocycles. The predicted octanol–water partition coefficient (Wildman–Crippen LogP) is 11.1. The molecule has 0 aromatic carbocycles. The van der Waals surface area contributed by atoms with Gasteiger partial charge < -0.3 is 61.8 Å². The lowest BCUT2D eigenvalue weighted by Crippen LogP contribution is -2.41. The molecule has 1 aromatic heterocycles. The van der Waals surface area contributed by atoms with E-state index in [-0.39, 0.29) is 127 Å². The van der Waals surface area contributed by atoms with E-state index in [1.54, 1.807) is 10.9 Å². The summed E-state index contributed by atoms with van der Waals surface area (Å²) in [5.41, 5.74) is 8.82. The van der Waals surface area contributed by atoms with Crippen LogP contribution < -0.4 is 31.9 Å². The zero-order valence-corrected chi connectivity index (χ0v) is 60.9. The summed E-state index contributed by atoms with van der Waals surface area (Å²) < 4.78 is 11.5. The molecule has 0 fully saturated rings. The summed E-state index contributed by atoms with van der Waals surface area (Å²) in [4.78, 5) is 117. The molecule has 0 spiro atoms. The third-order valence-electron chi connectivity index (χ3n) is 14.7. The molecule has 0 bridgehead atoms. The molecule has 0 saturated carbocycles. The van der Waals surface area contributed by atoms with Crippen molar-refractivity contribution in [3.05, 3.63) is 22.3 Å². The third-order valence-corrected chi connectivity index (χ3v) is 14.7. The number of nitrogens with zero attached hydrogens (tertiary/aromatic N) is 6. The predicted molar refractivity (Wildman–Crippen MR) is 379 cm³/mol. The Labute approximate surface area is 577 Å². The summed E-state index contributed by atoms with van der Waals surface area (Å²) in [6, 6.07) is -2.23. The fourth-order valence-corrected chi connectivity index (χ4v) is 9.28. The lowest BCUT2D eigenvalue weighted by molar-refractivity contribution is -0.142. The normalized spacial score (nSPS) is 10.8. The van der Waals surface area contributed by atoms with Gasteiger partial charge >= 0.3 is 36.1 Å². The molecule has 28 nitrogen and oxygen atoms in total. The SMILES string of the molecule is C#CCCOC(=O)NCCCCC.CCCCCNC(=O)OCCc1cn(CCNC(=O)CCC(NC(=O)CCCCCCCCCCCCCCC(=O)O)C(=O)O)nn1.P.P.[N-]=[N+]=NCCNC(=O)CCC(NC(=O)CCCCCCCCCCCCCCC(=O)O)C(=O)O. The van der Waals surface area contributed by atoms with E-state index >= 15 is 0 Å². The number of ether oxygens (including phenoxy) is 2. The van der Waals surface area contributed by atoms with Crippen molar-refractivity contribution in [2.24, 2.45) is 5.11 Å². The Hall–Kier alpha value is -6.83. The molecular weight excluding hydrogens is 1280 g/mol. The molecule has 4 unspecified atom stereocenters. The first-order valence-corrected chi connectivity index (χ1v) is 34.5. The van der Waals surface area contributed by atoms with Crippen LogP contribution in [0.25, 0.3) is 10.4 Å². The number of nitrogens with one attached hydrogen (secondary N) is 6. The van der Waals surface area contributed by atoms with Crippen LogP contribution in [0.5, 0.6) is 0 Å². The third kappa shape index (κ3) is 68.6. The highest BCUT2D eigenvalue weighted by atomic mass is 31.0. The Morgan fingerprint density at radius 2 is 0.885 bits per heavy atom. The van der Waals surface area contributed by atoms with E-state index in [4.69, 9.17) is 31.6 Å². The molecule has 10 N–H and O–H groups in total. The van der Waals surface area contributed by atoms with Gasteiger partial charge in [-0.3, -0.25) is 33.4 Å². The summed E-state index contributed by atoms with van der Waals surface area (Å²) >= 11 is 0. The molecule has 96 heavy (non-hydrogen) atoms. The molecule has 552 valence electrons. The van der Waals surface area contributed by atoms with Crippen molar-refractivity contribution in [2.75, 3.05) is 45.9 Å².